The normalized spacial score (nSPS) is 15.4. The molecule has 3 N–H and O–H groups in total. The topological polar surface area (TPSA) is 82.1 Å². The summed E-state index contributed by atoms with van der Waals surface area (Å²) in [6.07, 6.45) is 1.44. The van der Waals surface area contributed by atoms with Gasteiger partial charge in [-0.15, -0.1) is 0 Å². The van der Waals surface area contributed by atoms with E-state index in [-0.39, 0.29) is 4.62 Å². The van der Waals surface area contributed by atoms with Crippen molar-refractivity contribution in [2.24, 2.45) is 0 Å². The van der Waals surface area contributed by atoms with E-state index >= 15 is 0 Å². The number of hydrogen-bond acceptors (Lipinski definition) is 6. The minimum Gasteiger partial charge on any atom is -0.383 e. The average molecular weight is 444 g/mol. The minimum atomic E-state index is 0.193. The van der Waals surface area contributed by atoms with Gasteiger partial charge in [0.1, 0.15) is 22.6 Å². The summed E-state index contributed by atoms with van der Waals surface area (Å²) in [5, 5.41) is 9.01. The van der Waals surface area contributed by atoms with Crippen LogP contribution in [-0.2, 0) is 6.54 Å². The number of halogens is 3. The maximum absolute atomic E-state index is 7.86. The highest BCUT2D eigenvalue weighted by molar-refractivity contribution is 9.18. The van der Waals surface area contributed by atoms with Gasteiger partial charge in [0, 0.05) is 32.7 Å². The van der Waals surface area contributed by atoms with Gasteiger partial charge in [-0.05, 0) is 33.6 Å². The Bertz CT molecular complexity index is 792. The van der Waals surface area contributed by atoms with E-state index in [1.54, 1.807) is 0 Å². The van der Waals surface area contributed by atoms with Gasteiger partial charge in [0.15, 0.2) is 0 Å². The largest absolute Gasteiger partial charge is 0.383 e. The van der Waals surface area contributed by atoms with Crippen LogP contribution in [-0.4, -0.2) is 45.7 Å². The second-order valence-electron chi connectivity index (χ2n) is 5.78. The standard InChI is InChI=1S/C16H17BrCl2N6/c17-14(20)13-15(21)22-9-23-16(13)25-5-3-24(4-6-25)8-10-1-2-11(18)12(19)7-10/h1-2,7,9,20H,3-6,8H2,(H2,21,22,23). The third-order valence-electron chi connectivity index (χ3n) is 4.14. The monoisotopic (exact) mass is 442 g/mol. The summed E-state index contributed by atoms with van der Waals surface area (Å²) < 4.78 is 0.193. The van der Waals surface area contributed by atoms with Gasteiger partial charge in [-0.2, -0.15) is 0 Å². The van der Waals surface area contributed by atoms with Crippen molar-refractivity contribution in [3.63, 3.8) is 0 Å². The van der Waals surface area contributed by atoms with Crippen molar-refractivity contribution in [2.45, 2.75) is 6.54 Å². The number of anilines is 2. The molecule has 0 radical (unpaired) electrons. The molecule has 0 saturated carbocycles. The second kappa shape index (κ2) is 7.86. The van der Waals surface area contributed by atoms with Crippen molar-refractivity contribution in [2.75, 3.05) is 36.8 Å². The number of nitrogens with two attached hydrogens (primary N) is 1. The van der Waals surface area contributed by atoms with Crippen LogP contribution in [0, 0.1) is 5.41 Å². The van der Waals surface area contributed by atoms with Crippen LogP contribution in [0.25, 0.3) is 0 Å². The number of benzene rings is 1. The lowest BCUT2D eigenvalue weighted by molar-refractivity contribution is 0.249. The fraction of sp³-hybridized carbons (Fsp3) is 0.312. The van der Waals surface area contributed by atoms with E-state index in [1.807, 2.05) is 18.2 Å². The first-order chi connectivity index (χ1) is 12.0. The van der Waals surface area contributed by atoms with Crippen molar-refractivity contribution in [3.8, 4) is 0 Å². The second-order valence-corrected chi connectivity index (χ2v) is 7.39. The Morgan fingerprint density at radius 3 is 2.52 bits per heavy atom. The van der Waals surface area contributed by atoms with Gasteiger partial charge in [0.05, 0.1) is 15.6 Å². The summed E-state index contributed by atoms with van der Waals surface area (Å²) in [5.74, 6) is 1.01. The molecule has 9 heteroatoms. The molecule has 0 amide bonds. The van der Waals surface area contributed by atoms with E-state index in [2.05, 4.69) is 35.7 Å². The van der Waals surface area contributed by atoms with E-state index in [0.717, 1.165) is 38.3 Å². The lowest BCUT2D eigenvalue weighted by atomic mass is 10.2. The summed E-state index contributed by atoms with van der Waals surface area (Å²) in [4.78, 5) is 12.8. The predicted molar refractivity (Wildman–Crippen MR) is 106 cm³/mol. The van der Waals surface area contributed by atoms with Crippen LogP contribution in [0.4, 0.5) is 11.6 Å². The molecule has 2 heterocycles. The Labute approximate surface area is 164 Å². The molecule has 0 bridgehead atoms. The number of hydrogen-bond donors (Lipinski definition) is 2. The zero-order valence-electron chi connectivity index (χ0n) is 13.3. The number of nitrogens with one attached hydrogen (secondary N) is 1. The average Bonchev–Trinajstić information content (AvgIpc) is 2.58. The Morgan fingerprint density at radius 1 is 1.16 bits per heavy atom. The van der Waals surface area contributed by atoms with Crippen LogP contribution < -0.4 is 10.6 Å². The Balaban J connectivity index is 1.67. The fourth-order valence-electron chi connectivity index (χ4n) is 2.85. The molecule has 3 rings (SSSR count). The van der Waals surface area contributed by atoms with Crippen molar-refractivity contribution >= 4 is 55.4 Å². The Hall–Kier alpha value is -1.41. The van der Waals surface area contributed by atoms with Gasteiger partial charge in [-0.1, -0.05) is 29.3 Å². The Morgan fingerprint density at radius 2 is 1.88 bits per heavy atom. The molecule has 1 saturated heterocycles. The van der Waals surface area contributed by atoms with E-state index in [9.17, 15) is 0 Å². The highest BCUT2D eigenvalue weighted by Crippen LogP contribution is 2.26. The van der Waals surface area contributed by atoms with Crippen LogP contribution >= 0.6 is 39.1 Å². The van der Waals surface area contributed by atoms with Gasteiger partial charge in [0.25, 0.3) is 0 Å². The quantitative estimate of drug-likeness (QED) is 0.707. The fourth-order valence-corrected chi connectivity index (χ4v) is 3.55. The van der Waals surface area contributed by atoms with Crippen molar-refractivity contribution in [1.82, 2.24) is 14.9 Å². The molecule has 25 heavy (non-hydrogen) atoms. The zero-order chi connectivity index (χ0) is 18.0. The summed E-state index contributed by atoms with van der Waals surface area (Å²) >= 11 is 15.2. The number of nitrogen functional groups attached to an aromatic ring is 1. The zero-order valence-corrected chi connectivity index (χ0v) is 16.4. The van der Waals surface area contributed by atoms with Crippen molar-refractivity contribution in [1.29, 1.82) is 5.41 Å². The Kier molecular flexibility index (Phi) is 5.78. The van der Waals surface area contributed by atoms with Crippen molar-refractivity contribution < 1.29 is 0 Å². The predicted octanol–water partition coefficient (Wildman–Crippen LogP) is 3.41. The smallest absolute Gasteiger partial charge is 0.144 e. The molecule has 6 nitrogen and oxygen atoms in total. The van der Waals surface area contributed by atoms with E-state index in [4.69, 9.17) is 34.3 Å². The number of piperazine rings is 1. The van der Waals surface area contributed by atoms with Crippen LogP contribution in [0.2, 0.25) is 10.0 Å². The van der Waals surface area contributed by atoms with Gasteiger partial charge < -0.3 is 10.6 Å². The first-order valence-corrected chi connectivity index (χ1v) is 9.26. The lowest BCUT2D eigenvalue weighted by Crippen LogP contribution is -2.46. The molecule has 2 aromatic rings. The van der Waals surface area contributed by atoms with Crippen LogP contribution in [0.1, 0.15) is 11.1 Å². The molecule has 0 spiro atoms. The molecule has 1 aromatic heterocycles. The molecule has 1 fully saturated rings. The molecule has 1 aromatic carbocycles. The van der Waals surface area contributed by atoms with Gasteiger partial charge in [-0.25, -0.2) is 9.97 Å². The molecule has 0 aliphatic carbocycles. The summed E-state index contributed by atoms with van der Waals surface area (Å²) in [7, 11) is 0. The third kappa shape index (κ3) is 4.23. The van der Waals surface area contributed by atoms with E-state index in [1.165, 1.54) is 6.33 Å². The molecule has 1 aliphatic heterocycles. The minimum absolute atomic E-state index is 0.193. The molecular weight excluding hydrogens is 427 g/mol. The summed E-state index contributed by atoms with van der Waals surface area (Å²) in [6, 6.07) is 5.73. The summed E-state index contributed by atoms with van der Waals surface area (Å²) in [6.45, 7) is 4.16. The number of rotatable bonds is 4. The number of aromatic nitrogens is 2. The highest BCUT2D eigenvalue weighted by Gasteiger charge is 2.23. The van der Waals surface area contributed by atoms with E-state index < -0.39 is 0 Å². The molecule has 132 valence electrons. The van der Waals surface area contributed by atoms with E-state index in [0.29, 0.717) is 27.2 Å². The first kappa shape index (κ1) is 18.4. The SMILES string of the molecule is N=C(Br)c1c(N)ncnc1N1CCN(Cc2ccc(Cl)c(Cl)c2)CC1. The molecule has 0 unspecified atom stereocenters. The van der Waals surface area contributed by atoms with Crippen LogP contribution in [0.5, 0.6) is 0 Å². The molecule has 1 aliphatic rings. The third-order valence-corrected chi connectivity index (χ3v) is 5.27. The molecular formula is C16H17BrCl2N6. The maximum Gasteiger partial charge on any atom is 0.144 e. The van der Waals surface area contributed by atoms with Gasteiger partial charge in [0.2, 0.25) is 0 Å². The lowest BCUT2D eigenvalue weighted by Gasteiger charge is -2.36. The highest BCUT2D eigenvalue weighted by atomic mass is 79.9. The van der Waals surface area contributed by atoms with Gasteiger partial charge >= 0.3 is 0 Å². The van der Waals surface area contributed by atoms with Crippen molar-refractivity contribution in [3.05, 3.63) is 45.7 Å². The van der Waals surface area contributed by atoms with Crippen LogP contribution in [0.3, 0.4) is 0 Å². The maximum atomic E-state index is 7.86. The summed E-state index contributed by atoms with van der Waals surface area (Å²) in [5.41, 5.74) is 7.58. The van der Waals surface area contributed by atoms with Crippen LogP contribution in [0.15, 0.2) is 24.5 Å². The molecule has 0 atom stereocenters. The first-order valence-electron chi connectivity index (χ1n) is 7.72. The van der Waals surface area contributed by atoms with Gasteiger partial charge in [-0.3, -0.25) is 10.3 Å². The number of nitrogens with zero attached hydrogens (tertiary/aromatic N) is 4.